The molecule has 6 heterocycles. The first-order chi connectivity index (χ1) is 18.1. The van der Waals surface area contributed by atoms with Crippen molar-refractivity contribution in [3.8, 4) is 17.3 Å². The highest BCUT2D eigenvalue weighted by Gasteiger charge is 2.48. The quantitative estimate of drug-likeness (QED) is 0.416. The Kier molecular flexibility index (Phi) is 5.84. The van der Waals surface area contributed by atoms with Crippen LogP contribution in [0.4, 0.5) is 10.6 Å². The van der Waals surface area contributed by atoms with Crippen molar-refractivity contribution in [1.82, 2.24) is 44.3 Å². The zero-order valence-electron chi connectivity index (χ0n) is 20.7. The maximum Gasteiger partial charge on any atom is 0.323 e. The molecule has 6 rings (SSSR count). The van der Waals surface area contributed by atoms with E-state index in [1.54, 1.807) is 17.2 Å². The summed E-state index contributed by atoms with van der Waals surface area (Å²) in [6, 6.07) is 6.45. The molecule has 0 bridgehead atoms. The number of hydrogen-bond acceptors (Lipinski definition) is 7. The van der Waals surface area contributed by atoms with E-state index in [2.05, 4.69) is 41.4 Å². The second kappa shape index (κ2) is 9.33. The molecular formula is C25H29N11O. The van der Waals surface area contributed by atoms with Crippen LogP contribution in [0.25, 0.3) is 22.3 Å². The smallest absolute Gasteiger partial charge is 0.323 e. The van der Waals surface area contributed by atoms with E-state index in [4.69, 9.17) is 0 Å². The molecule has 0 saturated carbocycles. The molecule has 37 heavy (non-hydrogen) atoms. The standard InChI is InChI=1S/C25H29N11O/c1-2-35-21(4-10-30-35)32-24(37)33-11-5-19(6-12-33)34-15-25(16-34,7-8-26)36-14-18(13-31-36)22-20-3-9-27-23(20)29-17-28-22/h3-4,9-10,13-14,17,19H,2,5-7,11-12,15-16H2,1H3,(H,32,37)(H,27,28,29). The number of fused-ring (bicyclic) bond motifs is 1. The topological polar surface area (TPSA) is 137 Å². The van der Waals surface area contributed by atoms with Crippen molar-refractivity contribution < 1.29 is 4.79 Å². The fourth-order valence-electron chi connectivity index (χ4n) is 5.57. The molecule has 2 saturated heterocycles. The van der Waals surface area contributed by atoms with Crippen molar-refractivity contribution >= 4 is 22.9 Å². The van der Waals surface area contributed by atoms with Crippen molar-refractivity contribution in [2.75, 3.05) is 31.5 Å². The summed E-state index contributed by atoms with van der Waals surface area (Å²) in [4.78, 5) is 28.9. The first-order valence-corrected chi connectivity index (χ1v) is 12.6. The summed E-state index contributed by atoms with van der Waals surface area (Å²) in [7, 11) is 0. The third kappa shape index (κ3) is 4.11. The number of nitrogens with one attached hydrogen (secondary N) is 2. The Morgan fingerprint density at radius 1 is 1.24 bits per heavy atom. The van der Waals surface area contributed by atoms with Gasteiger partial charge in [-0.05, 0) is 25.8 Å². The minimum absolute atomic E-state index is 0.0820. The molecule has 190 valence electrons. The molecule has 2 aliphatic heterocycles. The SMILES string of the molecule is CCn1nccc1NC(=O)N1CCC(N2CC(CC#N)(n3cc(-c4ncnc5[nH]ccc45)cn3)C2)CC1. The molecule has 0 radical (unpaired) electrons. The third-order valence-electron chi connectivity index (χ3n) is 7.62. The van der Waals surface area contributed by atoms with E-state index >= 15 is 0 Å². The van der Waals surface area contributed by atoms with E-state index in [1.807, 2.05) is 47.2 Å². The minimum Gasteiger partial charge on any atom is -0.346 e. The summed E-state index contributed by atoms with van der Waals surface area (Å²) < 4.78 is 3.72. The van der Waals surface area contributed by atoms with Crippen LogP contribution in [0.5, 0.6) is 0 Å². The minimum atomic E-state index is -0.357. The Labute approximate surface area is 213 Å². The number of rotatable bonds is 6. The van der Waals surface area contributed by atoms with Crippen LogP contribution in [0.1, 0.15) is 26.2 Å². The predicted octanol–water partition coefficient (Wildman–Crippen LogP) is 2.66. The largest absolute Gasteiger partial charge is 0.346 e. The number of urea groups is 1. The highest BCUT2D eigenvalue weighted by Crippen LogP contribution is 2.37. The van der Waals surface area contributed by atoms with Gasteiger partial charge in [0.15, 0.2) is 0 Å². The van der Waals surface area contributed by atoms with Gasteiger partial charge in [-0.2, -0.15) is 15.5 Å². The molecule has 4 aromatic heterocycles. The number of aryl methyl sites for hydroxylation is 1. The summed E-state index contributed by atoms with van der Waals surface area (Å²) in [5.41, 5.74) is 2.17. The van der Waals surface area contributed by atoms with E-state index < -0.39 is 0 Å². The van der Waals surface area contributed by atoms with Crippen LogP contribution in [0.2, 0.25) is 0 Å². The van der Waals surface area contributed by atoms with E-state index in [0.717, 1.165) is 54.0 Å². The molecule has 2 aliphatic rings. The first-order valence-electron chi connectivity index (χ1n) is 12.6. The lowest BCUT2D eigenvalue weighted by Crippen LogP contribution is -2.66. The zero-order chi connectivity index (χ0) is 25.4. The van der Waals surface area contributed by atoms with E-state index in [1.165, 1.54) is 0 Å². The van der Waals surface area contributed by atoms with E-state index in [-0.39, 0.29) is 11.6 Å². The van der Waals surface area contributed by atoms with Gasteiger partial charge in [-0.1, -0.05) is 0 Å². The molecule has 2 fully saturated rings. The maximum absolute atomic E-state index is 12.8. The number of hydrogen-bond donors (Lipinski definition) is 2. The maximum atomic E-state index is 12.8. The summed E-state index contributed by atoms with van der Waals surface area (Å²) in [5, 5.41) is 22.4. The highest BCUT2D eigenvalue weighted by molar-refractivity contribution is 5.90. The number of H-pyrrole nitrogens is 1. The van der Waals surface area contributed by atoms with Crippen molar-refractivity contribution in [3.63, 3.8) is 0 Å². The summed E-state index contributed by atoms with van der Waals surface area (Å²) in [6.45, 7) is 5.62. The first kappa shape index (κ1) is 23.2. The number of anilines is 1. The van der Waals surface area contributed by atoms with E-state index in [9.17, 15) is 10.1 Å². The van der Waals surface area contributed by atoms with Gasteiger partial charge in [0.2, 0.25) is 0 Å². The molecule has 0 unspecified atom stereocenters. The van der Waals surface area contributed by atoms with Crippen molar-refractivity contribution in [3.05, 3.63) is 43.2 Å². The number of likely N-dealkylation sites (tertiary alicyclic amines) is 2. The van der Waals surface area contributed by atoms with Gasteiger partial charge in [-0.25, -0.2) is 19.4 Å². The average molecular weight is 500 g/mol. The van der Waals surface area contributed by atoms with Crippen LogP contribution in [0.3, 0.4) is 0 Å². The van der Waals surface area contributed by atoms with Crippen molar-refractivity contribution in [1.29, 1.82) is 5.26 Å². The van der Waals surface area contributed by atoms with E-state index in [0.29, 0.717) is 32.1 Å². The summed E-state index contributed by atoms with van der Waals surface area (Å²) in [5.74, 6) is 0.719. The number of carbonyl (C=O) groups excluding carboxylic acids is 1. The number of aromatic nitrogens is 7. The van der Waals surface area contributed by atoms with Gasteiger partial charge in [0, 0.05) is 68.2 Å². The molecule has 0 aliphatic carbocycles. The molecule has 2 amide bonds. The third-order valence-corrected chi connectivity index (χ3v) is 7.62. The number of aromatic amines is 1. The lowest BCUT2D eigenvalue weighted by Gasteiger charge is -2.53. The zero-order valence-corrected chi connectivity index (χ0v) is 20.7. The number of piperidine rings is 1. The van der Waals surface area contributed by atoms with Crippen LogP contribution in [-0.4, -0.2) is 82.6 Å². The molecule has 4 aromatic rings. The number of amides is 2. The monoisotopic (exact) mass is 499 g/mol. The molecule has 2 N–H and O–H groups in total. The van der Waals surface area contributed by atoms with Gasteiger partial charge in [-0.15, -0.1) is 0 Å². The summed E-state index contributed by atoms with van der Waals surface area (Å²) in [6.07, 6.45) is 11.1. The van der Waals surface area contributed by atoms with Crippen molar-refractivity contribution in [2.24, 2.45) is 0 Å². The number of nitriles is 1. The molecule has 0 atom stereocenters. The van der Waals surface area contributed by atoms with Crippen LogP contribution in [0, 0.1) is 11.3 Å². The second-order valence-electron chi connectivity index (χ2n) is 9.78. The summed E-state index contributed by atoms with van der Waals surface area (Å²) >= 11 is 0. The molecule has 0 aromatic carbocycles. The lowest BCUT2D eigenvalue weighted by molar-refractivity contribution is -0.0399. The van der Waals surface area contributed by atoms with Crippen LogP contribution >= 0.6 is 0 Å². The van der Waals surface area contributed by atoms with Crippen molar-refractivity contribution in [2.45, 2.75) is 44.3 Å². The average Bonchev–Trinajstić information content (AvgIpc) is 3.67. The highest BCUT2D eigenvalue weighted by atomic mass is 16.2. The van der Waals surface area contributed by atoms with Gasteiger partial charge in [0.1, 0.15) is 23.3 Å². The predicted molar refractivity (Wildman–Crippen MR) is 136 cm³/mol. The molecule has 12 heteroatoms. The Hall–Kier alpha value is -4.24. The number of nitrogens with zero attached hydrogens (tertiary/aromatic N) is 9. The molecular weight excluding hydrogens is 470 g/mol. The Morgan fingerprint density at radius 2 is 2.08 bits per heavy atom. The Morgan fingerprint density at radius 3 is 2.86 bits per heavy atom. The molecule has 0 spiro atoms. The number of carbonyl (C=O) groups is 1. The van der Waals surface area contributed by atoms with Gasteiger partial charge in [-0.3, -0.25) is 14.9 Å². The van der Waals surface area contributed by atoms with Gasteiger partial charge < -0.3 is 9.88 Å². The fraction of sp³-hybridized carbons (Fsp3) is 0.440. The lowest BCUT2D eigenvalue weighted by atomic mass is 9.84. The molecule has 12 nitrogen and oxygen atoms in total. The van der Waals surface area contributed by atoms with Gasteiger partial charge in [0.05, 0.1) is 30.6 Å². The van der Waals surface area contributed by atoms with Crippen LogP contribution in [0.15, 0.2) is 43.2 Å². The Balaban J connectivity index is 1.09. The Bertz CT molecular complexity index is 1450. The normalized spacial score (nSPS) is 18.0. The van der Waals surface area contributed by atoms with Gasteiger partial charge in [0.25, 0.3) is 0 Å². The van der Waals surface area contributed by atoms with Crippen LogP contribution in [-0.2, 0) is 12.1 Å². The van der Waals surface area contributed by atoms with Crippen LogP contribution < -0.4 is 5.32 Å². The second-order valence-corrected chi connectivity index (χ2v) is 9.78. The fourth-order valence-corrected chi connectivity index (χ4v) is 5.57. The van der Waals surface area contributed by atoms with Gasteiger partial charge >= 0.3 is 6.03 Å².